The van der Waals surface area contributed by atoms with E-state index < -0.39 is 0 Å². The number of rotatable bonds is 4. The molecule has 1 N–H and O–H groups in total. The lowest BCUT2D eigenvalue weighted by Gasteiger charge is -2.10. The SMILES string of the molecule is Cc1ccc(C2CC2)c(C(=O)OCc2ccc3cn[nH]c3c2)c1. The van der Waals surface area contributed by atoms with E-state index in [-0.39, 0.29) is 12.6 Å². The number of aryl methyl sites for hydroxylation is 1. The second kappa shape index (κ2) is 5.54. The van der Waals surface area contributed by atoms with E-state index in [1.165, 1.54) is 12.8 Å². The Bertz CT molecular complexity index is 878. The zero-order valence-corrected chi connectivity index (χ0v) is 13.0. The molecule has 0 spiro atoms. The van der Waals surface area contributed by atoms with Crippen molar-refractivity contribution >= 4 is 16.9 Å². The van der Waals surface area contributed by atoms with Crippen molar-refractivity contribution in [3.63, 3.8) is 0 Å². The number of aromatic nitrogens is 2. The highest BCUT2D eigenvalue weighted by Crippen LogP contribution is 2.42. The molecule has 0 bridgehead atoms. The Kier molecular flexibility index (Phi) is 3.37. The number of nitrogens with one attached hydrogen (secondary N) is 1. The maximum absolute atomic E-state index is 12.5. The average Bonchev–Trinajstić information content (AvgIpc) is 3.29. The van der Waals surface area contributed by atoms with Crippen LogP contribution in [0.4, 0.5) is 0 Å². The van der Waals surface area contributed by atoms with E-state index in [9.17, 15) is 4.79 Å². The lowest BCUT2D eigenvalue weighted by Crippen LogP contribution is -2.08. The van der Waals surface area contributed by atoms with Crippen molar-refractivity contribution in [2.45, 2.75) is 32.3 Å². The van der Waals surface area contributed by atoms with Gasteiger partial charge in [-0.3, -0.25) is 5.10 Å². The van der Waals surface area contributed by atoms with E-state index in [0.29, 0.717) is 5.92 Å². The van der Waals surface area contributed by atoms with Crippen molar-refractivity contribution in [1.82, 2.24) is 10.2 Å². The molecular weight excluding hydrogens is 288 g/mol. The highest BCUT2D eigenvalue weighted by molar-refractivity contribution is 5.91. The summed E-state index contributed by atoms with van der Waals surface area (Å²) < 4.78 is 5.54. The van der Waals surface area contributed by atoms with Crippen LogP contribution in [-0.4, -0.2) is 16.2 Å². The van der Waals surface area contributed by atoms with Crippen molar-refractivity contribution in [2.24, 2.45) is 0 Å². The van der Waals surface area contributed by atoms with Crippen molar-refractivity contribution in [3.05, 3.63) is 64.8 Å². The van der Waals surface area contributed by atoms with Crippen molar-refractivity contribution in [3.8, 4) is 0 Å². The molecule has 2 aromatic carbocycles. The first kappa shape index (κ1) is 14.0. The fourth-order valence-electron chi connectivity index (χ4n) is 2.90. The molecule has 1 aliphatic carbocycles. The molecule has 0 unspecified atom stereocenters. The van der Waals surface area contributed by atoms with Crippen LogP contribution in [0.1, 0.15) is 45.8 Å². The largest absolute Gasteiger partial charge is 0.457 e. The van der Waals surface area contributed by atoms with Gasteiger partial charge in [0.05, 0.1) is 17.3 Å². The number of carbonyl (C=O) groups is 1. The summed E-state index contributed by atoms with van der Waals surface area (Å²) >= 11 is 0. The predicted molar refractivity (Wildman–Crippen MR) is 88.4 cm³/mol. The molecule has 23 heavy (non-hydrogen) atoms. The maximum atomic E-state index is 12.5. The molecule has 1 aliphatic rings. The fourth-order valence-corrected chi connectivity index (χ4v) is 2.90. The van der Waals surface area contributed by atoms with Gasteiger partial charge in [0.25, 0.3) is 0 Å². The van der Waals surface area contributed by atoms with Crippen LogP contribution in [0.5, 0.6) is 0 Å². The van der Waals surface area contributed by atoms with Crippen LogP contribution >= 0.6 is 0 Å². The number of nitrogens with zero attached hydrogens (tertiary/aromatic N) is 1. The van der Waals surface area contributed by atoms with Crippen LogP contribution in [0.3, 0.4) is 0 Å². The second-order valence-electron chi connectivity index (χ2n) is 6.23. The maximum Gasteiger partial charge on any atom is 0.338 e. The van der Waals surface area contributed by atoms with Gasteiger partial charge in [-0.1, -0.05) is 29.8 Å². The quantitative estimate of drug-likeness (QED) is 0.738. The first-order chi connectivity index (χ1) is 11.2. The van der Waals surface area contributed by atoms with Crippen LogP contribution in [0, 0.1) is 6.92 Å². The van der Waals surface area contributed by atoms with Gasteiger partial charge in [0, 0.05) is 5.39 Å². The van der Waals surface area contributed by atoms with Gasteiger partial charge in [0.15, 0.2) is 0 Å². The number of hydrogen-bond acceptors (Lipinski definition) is 3. The molecule has 3 aromatic rings. The molecule has 1 fully saturated rings. The summed E-state index contributed by atoms with van der Waals surface area (Å²) in [6.07, 6.45) is 4.11. The average molecular weight is 306 g/mol. The fraction of sp³-hybridized carbons (Fsp3) is 0.263. The minimum atomic E-state index is -0.236. The molecule has 0 saturated heterocycles. The van der Waals surface area contributed by atoms with E-state index in [1.807, 2.05) is 31.2 Å². The lowest BCUT2D eigenvalue weighted by atomic mass is 10.0. The van der Waals surface area contributed by atoms with Crippen LogP contribution in [0.25, 0.3) is 10.9 Å². The predicted octanol–water partition coefficient (Wildman–Crippen LogP) is 4.11. The van der Waals surface area contributed by atoms with Gasteiger partial charge in [0.1, 0.15) is 6.61 Å². The van der Waals surface area contributed by atoms with Crippen molar-refractivity contribution < 1.29 is 9.53 Å². The molecule has 116 valence electrons. The van der Waals surface area contributed by atoms with E-state index in [1.54, 1.807) is 6.20 Å². The summed E-state index contributed by atoms with van der Waals surface area (Å²) in [4.78, 5) is 12.5. The Labute approximate surface area is 134 Å². The normalized spacial score (nSPS) is 14.1. The Balaban J connectivity index is 1.52. The lowest BCUT2D eigenvalue weighted by molar-refractivity contribution is 0.0471. The van der Waals surface area contributed by atoms with E-state index >= 15 is 0 Å². The van der Waals surface area contributed by atoms with Gasteiger partial charge < -0.3 is 4.74 Å². The third kappa shape index (κ3) is 2.84. The van der Waals surface area contributed by atoms with E-state index in [2.05, 4.69) is 22.3 Å². The summed E-state index contributed by atoms with van der Waals surface area (Å²) in [6, 6.07) is 12.0. The first-order valence-corrected chi connectivity index (χ1v) is 7.90. The minimum Gasteiger partial charge on any atom is -0.457 e. The molecule has 0 aliphatic heterocycles. The van der Waals surface area contributed by atoms with Crippen molar-refractivity contribution in [1.29, 1.82) is 0 Å². The van der Waals surface area contributed by atoms with Gasteiger partial charge in [0.2, 0.25) is 0 Å². The summed E-state index contributed by atoms with van der Waals surface area (Å²) in [5, 5.41) is 7.98. The number of ether oxygens (including phenoxy) is 1. The number of hydrogen-bond donors (Lipinski definition) is 1. The monoisotopic (exact) mass is 306 g/mol. The molecule has 0 amide bonds. The minimum absolute atomic E-state index is 0.236. The Morgan fingerprint density at radius 2 is 2.13 bits per heavy atom. The van der Waals surface area contributed by atoms with Gasteiger partial charge >= 0.3 is 5.97 Å². The van der Waals surface area contributed by atoms with Crippen LogP contribution in [0.2, 0.25) is 0 Å². The van der Waals surface area contributed by atoms with Gasteiger partial charge in [-0.15, -0.1) is 0 Å². The third-order valence-corrected chi connectivity index (χ3v) is 4.32. The topological polar surface area (TPSA) is 55.0 Å². The summed E-state index contributed by atoms with van der Waals surface area (Å²) in [6.45, 7) is 2.27. The number of H-pyrrole nitrogens is 1. The summed E-state index contributed by atoms with van der Waals surface area (Å²) in [5.41, 5.74) is 4.84. The molecule has 4 nitrogen and oxygen atoms in total. The van der Waals surface area contributed by atoms with Gasteiger partial charge in [-0.25, -0.2) is 4.79 Å². The van der Waals surface area contributed by atoms with E-state index in [4.69, 9.17) is 4.74 Å². The number of fused-ring (bicyclic) bond motifs is 1. The summed E-state index contributed by atoms with van der Waals surface area (Å²) in [5.74, 6) is 0.291. The molecular formula is C19H18N2O2. The Morgan fingerprint density at radius 1 is 1.26 bits per heavy atom. The zero-order valence-electron chi connectivity index (χ0n) is 13.0. The molecule has 1 saturated carbocycles. The highest BCUT2D eigenvalue weighted by Gasteiger charge is 2.28. The highest BCUT2D eigenvalue weighted by atomic mass is 16.5. The number of aromatic amines is 1. The van der Waals surface area contributed by atoms with E-state index in [0.717, 1.165) is 33.2 Å². The Morgan fingerprint density at radius 3 is 2.96 bits per heavy atom. The van der Waals surface area contributed by atoms with Gasteiger partial charge in [-0.2, -0.15) is 5.10 Å². The molecule has 1 aromatic heterocycles. The smallest absolute Gasteiger partial charge is 0.338 e. The number of benzene rings is 2. The molecule has 1 heterocycles. The second-order valence-corrected chi connectivity index (χ2v) is 6.23. The summed E-state index contributed by atoms with van der Waals surface area (Å²) in [7, 11) is 0. The molecule has 4 rings (SSSR count). The van der Waals surface area contributed by atoms with Gasteiger partial charge in [-0.05, 0) is 48.9 Å². The third-order valence-electron chi connectivity index (χ3n) is 4.32. The number of carbonyl (C=O) groups excluding carboxylic acids is 1. The standard InChI is InChI=1S/C19H18N2O2/c1-12-2-7-16(14-5-6-14)17(8-12)19(22)23-11-13-3-4-15-10-20-21-18(15)9-13/h2-4,7-10,14H,5-6,11H2,1H3,(H,20,21). The molecule has 0 radical (unpaired) electrons. The van der Waals surface area contributed by atoms with Crippen LogP contribution in [0.15, 0.2) is 42.6 Å². The zero-order chi connectivity index (χ0) is 15.8. The van der Waals surface area contributed by atoms with Crippen molar-refractivity contribution in [2.75, 3.05) is 0 Å². The van der Waals surface area contributed by atoms with Crippen LogP contribution < -0.4 is 0 Å². The molecule has 0 atom stereocenters. The van der Waals surface area contributed by atoms with Crippen LogP contribution in [-0.2, 0) is 11.3 Å². The first-order valence-electron chi connectivity index (χ1n) is 7.90. The number of esters is 1. The Hall–Kier alpha value is -2.62. The molecule has 4 heteroatoms.